The summed E-state index contributed by atoms with van der Waals surface area (Å²) in [5.74, 6) is -1.61. The summed E-state index contributed by atoms with van der Waals surface area (Å²) in [5, 5.41) is 9.12. The number of ether oxygens (including phenoxy) is 2. The standard InChI is InChI=1S/C30H25FN2O4/c31-28-18(14-32)6-5-11-26(28)29(34)19-12-20-15-36-16-21(13-19)33(20)30(35)37-17-27-24-9-3-1-7-22(24)23-8-2-4-10-25(23)27/h1-11,19-21,27H,12-13,15-17H2. The zero-order chi connectivity index (χ0) is 25.5. The van der Waals surface area contributed by atoms with Crippen molar-refractivity contribution in [1.29, 1.82) is 5.26 Å². The number of fused-ring (bicyclic) bond motifs is 5. The minimum absolute atomic E-state index is 0.0399. The van der Waals surface area contributed by atoms with Gasteiger partial charge in [-0.25, -0.2) is 9.18 Å². The highest BCUT2D eigenvalue weighted by atomic mass is 19.1. The van der Waals surface area contributed by atoms with Gasteiger partial charge in [0.2, 0.25) is 0 Å². The molecule has 0 N–H and O–H groups in total. The molecule has 2 heterocycles. The number of carbonyl (C=O) groups excluding carboxylic acids is 2. The van der Waals surface area contributed by atoms with Crippen LogP contribution in [0.5, 0.6) is 0 Å². The number of piperidine rings is 1. The van der Waals surface area contributed by atoms with Crippen molar-refractivity contribution in [3.8, 4) is 17.2 Å². The van der Waals surface area contributed by atoms with Crippen molar-refractivity contribution in [2.45, 2.75) is 30.8 Å². The molecule has 1 amide bonds. The number of carbonyl (C=O) groups is 2. The second kappa shape index (κ2) is 9.45. The third kappa shape index (κ3) is 3.98. The summed E-state index contributed by atoms with van der Waals surface area (Å²) in [6.07, 6.45) is 0.301. The maximum Gasteiger partial charge on any atom is 0.410 e. The molecule has 2 bridgehead atoms. The summed E-state index contributed by atoms with van der Waals surface area (Å²) < 4.78 is 26.3. The van der Waals surface area contributed by atoms with Crippen molar-refractivity contribution in [2.75, 3.05) is 19.8 Å². The van der Waals surface area contributed by atoms with Crippen LogP contribution in [0.25, 0.3) is 11.1 Å². The lowest BCUT2D eigenvalue weighted by atomic mass is 9.80. The fourth-order valence-electron chi connectivity index (χ4n) is 6.12. The Hall–Kier alpha value is -4.02. The Balaban J connectivity index is 1.17. The molecule has 0 saturated carbocycles. The van der Waals surface area contributed by atoms with E-state index in [9.17, 15) is 14.0 Å². The Bertz CT molecular complexity index is 1370. The number of nitrogens with zero attached hydrogens (tertiary/aromatic N) is 2. The fourth-order valence-corrected chi connectivity index (χ4v) is 6.12. The van der Waals surface area contributed by atoms with Gasteiger partial charge in [0.25, 0.3) is 0 Å². The molecule has 186 valence electrons. The van der Waals surface area contributed by atoms with Crippen LogP contribution in [-0.4, -0.2) is 48.7 Å². The molecule has 37 heavy (non-hydrogen) atoms. The van der Waals surface area contributed by atoms with E-state index in [0.717, 1.165) is 22.3 Å². The summed E-state index contributed by atoms with van der Waals surface area (Å²) in [6.45, 7) is 0.814. The van der Waals surface area contributed by atoms with Crippen LogP contribution >= 0.6 is 0 Å². The predicted octanol–water partition coefficient (Wildman–Crippen LogP) is 5.31. The van der Waals surface area contributed by atoms with Crippen LogP contribution < -0.4 is 0 Å². The largest absolute Gasteiger partial charge is 0.448 e. The van der Waals surface area contributed by atoms with Crippen LogP contribution in [0.4, 0.5) is 9.18 Å². The number of amides is 1. The molecule has 6 nitrogen and oxygen atoms in total. The quantitative estimate of drug-likeness (QED) is 0.458. The van der Waals surface area contributed by atoms with Crippen LogP contribution in [0.15, 0.2) is 66.7 Å². The molecular formula is C30H25FN2O4. The molecular weight excluding hydrogens is 471 g/mol. The summed E-state index contributed by atoms with van der Waals surface area (Å²) in [5.41, 5.74) is 4.40. The predicted molar refractivity (Wildman–Crippen MR) is 133 cm³/mol. The van der Waals surface area contributed by atoms with E-state index in [2.05, 4.69) is 24.3 Å². The lowest BCUT2D eigenvalue weighted by molar-refractivity contribution is -0.0748. The van der Waals surface area contributed by atoms with E-state index in [1.54, 1.807) is 11.0 Å². The lowest BCUT2D eigenvalue weighted by Crippen LogP contribution is -2.60. The average molecular weight is 497 g/mol. The number of ketones is 1. The van der Waals surface area contributed by atoms with E-state index in [0.29, 0.717) is 26.1 Å². The van der Waals surface area contributed by atoms with Gasteiger partial charge in [0.15, 0.2) is 11.6 Å². The van der Waals surface area contributed by atoms with Gasteiger partial charge in [0.1, 0.15) is 12.7 Å². The molecule has 2 unspecified atom stereocenters. The molecule has 3 aromatic rings. The molecule has 0 radical (unpaired) electrons. The van der Waals surface area contributed by atoms with Crippen molar-refractivity contribution in [1.82, 2.24) is 4.90 Å². The maximum atomic E-state index is 14.7. The van der Waals surface area contributed by atoms with Crippen molar-refractivity contribution in [3.05, 3.63) is 94.8 Å². The number of morpholine rings is 1. The third-order valence-corrected chi connectivity index (χ3v) is 7.82. The fraction of sp³-hybridized carbons (Fsp3) is 0.300. The van der Waals surface area contributed by atoms with Gasteiger partial charge in [0.05, 0.1) is 36.4 Å². The van der Waals surface area contributed by atoms with E-state index in [4.69, 9.17) is 14.7 Å². The van der Waals surface area contributed by atoms with Crippen LogP contribution in [0.1, 0.15) is 45.8 Å². The second-order valence-corrected chi connectivity index (χ2v) is 9.87. The van der Waals surface area contributed by atoms with Gasteiger partial charge in [-0.15, -0.1) is 0 Å². The number of benzene rings is 3. The smallest absolute Gasteiger partial charge is 0.410 e. The molecule has 2 fully saturated rings. The number of Topliss-reactive ketones (excluding diaryl/α,β-unsaturated/α-hetero) is 1. The number of hydrogen-bond acceptors (Lipinski definition) is 5. The SMILES string of the molecule is N#Cc1cccc(C(=O)C2CC3COCC(C2)N3C(=O)OCC2c3ccccc3-c3ccccc32)c1F. The van der Waals surface area contributed by atoms with Crippen molar-refractivity contribution in [2.24, 2.45) is 5.92 Å². The molecule has 0 aromatic heterocycles. The molecule has 3 aromatic carbocycles. The Morgan fingerprint density at radius 2 is 1.57 bits per heavy atom. The molecule has 0 spiro atoms. The molecule has 6 rings (SSSR count). The van der Waals surface area contributed by atoms with Gasteiger partial charge >= 0.3 is 6.09 Å². The lowest BCUT2D eigenvalue weighted by Gasteiger charge is -2.47. The van der Waals surface area contributed by atoms with Gasteiger partial charge in [-0.2, -0.15) is 5.26 Å². The molecule has 2 aliphatic heterocycles. The van der Waals surface area contributed by atoms with E-state index in [1.165, 1.54) is 18.2 Å². The third-order valence-electron chi connectivity index (χ3n) is 7.82. The van der Waals surface area contributed by atoms with Crippen LogP contribution in [0, 0.1) is 23.1 Å². The van der Waals surface area contributed by atoms with Gasteiger partial charge in [0, 0.05) is 11.8 Å². The van der Waals surface area contributed by atoms with Gasteiger partial charge in [-0.3, -0.25) is 9.69 Å². The van der Waals surface area contributed by atoms with Crippen LogP contribution in [0.3, 0.4) is 0 Å². The van der Waals surface area contributed by atoms with Gasteiger partial charge in [-0.1, -0.05) is 54.6 Å². The Morgan fingerprint density at radius 3 is 2.19 bits per heavy atom. The minimum atomic E-state index is -0.782. The van der Waals surface area contributed by atoms with E-state index >= 15 is 0 Å². The average Bonchev–Trinajstić information content (AvgIpc) is 3.24. The summed E-state index contributed by atoms with van der Waals surface area (Å²) in [4.78, 5) is 28.3. The minimum Gasteiger partial charge on any atom is -0.448 e. The van der Waals surface area contributed by atoms with Gasteiger partial charge < -0.3 is 9.47 Å². The van der Waals surface area contributed by atoms with E-state index in [-0.39, 0.29) is 41.5 Å². The second-order valence-electron chi connectivity index (χ2n) is 9.87. The topological polar surface area (TPSA) is 79.6 Å². The van der Waals surface area contributed by atoms with E-state index < -0.39 is 17.8 Å². The van der Waals surface area contributed by atoms with Crippen molar-refractivity contribution in [3.63, 3.8) is 0 Å². The molecule has 3 aliphatic rings. The van der Waals surface area contributed by atoms with Crippen LogP contribution in [0.2, 0.25) is 0 Å². The molecule has 2 atom stereocenters. The molecule has 7 heteroatoms. The zero-order valence-corrected chi connectivity index (χ0v) is 20.1. The number of hydrogen-bond donors (Lipinski definition) is 0. The summed E-state index contributed by atoms with van der Waals surface area (Å²) in [6, 6.07) is 21.8. The van der Waals surface area contributed by atoms with Crippen LogP contribution in [-0.2, 0) is 9.47 Å². The summed E-state index contributed by atoms with van der Waals surface area (Å²) in [7, 11) is 0. The first-order valence-electron chi connectivity index (χ1n) is 12.5. The monoisotopic (exact) mass is 496 g/mol. The first-order valence-corrected chi connectivity index (χ1v) is 12.5. The summed E-state index contributed by atoms with van der Waals surface area (Å²) >= 11 is 0. The first-order chi connectivity index (χ1) is 18.1. The molecule has 1 aliphatic carbocycles. The zero-order valence-electron chi connectivity index (χ0n) is 20.1. The Labute approximate surface area is 214 Å². The van der Waals surface area contributed by atoms with Crippen molar-refractivity contribution >= 4 is 11.9 Å². The highest BCUT2D eigenvalue weighted by Crippen LogP contribution is 2.44. The maximum absolute atomic E-state index is 14.7. The highest BCUT2D eigenvalue weighted by molar-refractivity contribution is 5.98. The molecule has 2 saturated heterocycles. The normalized spacial score (nSPS) is 22.1. The van der Waals surface area contributed by atoms with Gasteiger partial charge in [-0.05, 0) is 47.2 Å². The Kier molecular flexibility index (Phi) is 5.97. The number of nitriles is 1. The van der Waals surface area contributed by atoms with Crippen molar-refractivity contribution < 1.29 is 23.5 Å². The highest BCUT2D eigenvalue weighted by Gasteiger charge is 2.45. The number of halogens is 1. The number of rotatable bonds is 4. The van der Waals surface area contributed by atoms with E-state index in [1.807, 2.05) is 24.3 Å². The first kappa shape index (κ1) is 23.4. The Morgan fingerprint density at radius 1 is 0.946 bits per heavy atom.